The molecule has 0 saturated heterocycles. The molecule has 0 radical (unpaired) electrons. The van der Waals surface area contributed by atoms with Gasteiger partial charge in [0, 0.05) is 29.3 Å². The molecule has 0 amide bonds. The van der Waals surface area contributed by atoms with Crippen molar-refractivity contribution in [1.29, 1.82) is 0 Å². The van der Waals surface area contributed by atoms with E-state index in [0.29, 0.717) is 17.2 Å². The van der Waals surface area contributed by atoms with E-state index >= 15 is 0 Å². The van der Waals surface area contributed by atoms with Crippen LogP contribution in [0.4, 0.5) is 24.7 Å². The smallest absolute Gasteiger partial charge is 0.194 e. The van der Waals surface area contributed by atoms with Gasteiger partial charge in [-0.25, -0.2) is 23.1 Å². The zero-order valence-electron chi connectivity index (χ0n) is 11.6. The predicted molar refractivity (Wildman–Crippen MR) is 75.5 cm³/mol. The van der Waals surface area contributed by atoms with Crippen molar-refractivity contribution in [3.05, 3.63) is 46.1 Å². The second-order valence-electron chi connectivity index (χ2n) is 4.88. The van der Waals surface area contributed by atoms with E-state index in [0.717, 1.165) is 12.1 Å². The molecular formula is C14H13ClF3N3. The van der Waals surface area contributed by atoms with Crippen LogP contribution < -0.4 is 5.32 Å². The molecule has 21 heavy (non-hydrogen) atoms. The van der Waals surface area contributed by atoms with E-state index in [1.54, 1.807) is 6.92 Å². The van der Waals surface area contributed by atoms with Crippen LogP contribution in [0.2, 0.25) is 5.15 Å². The molecule has 7 heteroatoms. The largest absolute Gasteiger partial charge is 0.340 e. The minimum atomic E-state index is -1.51. The lowest BCUT2D eigenvalue weighted by atomic mass is 10.2. The third kappa shape index (κ3) is 3.26. The SMILES string of the molecule is Cc1c(Cl)nc(C(C)C)nc1Nc1cc(F)c(F)c(F)c1. The Kier molecular flexibility index (Phi) is 4.37. The number of rotatable bonds is 3. The van der Waals surface area contributed by atoms with Gasteiger partial charge in [0.15, 0.2) is 17.5 Å². The molecule has 1 aromatic carbocycles. The van der Waals surface area contributed by atoms with E-state index in [9.17, 15) is 13.2 Å². The van der Waals surface area contributed by atoms with Gasteiger partial charge in [0.05, 0.1) is 0 Å². The first-order valence-electron chi connectivity index (χ1n) is 6.25. The lowest BCUT2D eigenvalue weighted by molar-refractivity contribution is 0.448. The van der Waals surface area contributed by atoms with Gasteiger partial charge in [0.2, 0.25) is 0 Å². The van der Waals surface area contributed by atoms with Gasteiger partial charge in [-0.15, -0.1) is 0 Å². The van der Waals surface area contributed by atoms with Gasteiger partial charge in [-0.3, -0.25) is 0 Å². The molecular weight excluding hydrogens is 303 g/mol. The van der Waals surface area contributed by atoms with Crippen molar-refractivity contribution in [1.82, 2.24) is 9.97 Å². The van der Waals surface area contributed by atoms with Crippen molar-refractivity contribution in [3.63, 3.8) is 0 Å². The quantitative estimate of drug-likeness (QED) is 0.657. The van der Waals surface area contributed by atoms with Crippen LogP contribution in [0.3, 0.4) is 0 Å². The number of hydrogen-bond donors (Lipinski definition) is 1. The van der Waals surface area contributed by atoms with Gasteiger partial charge >= 0.3 is 0 Å². The Morgan fingerprint density at radius 2 is 1.67 bits per heavy atom. The summed E-state index contributed by atoms with van der Waals surface area (Å²) in [6.07, 6.45) is 0. The summed E-state index contributed by atoms with van der Waals surface area (Å²) in [5, 5.41) is 2.98. The summed E-state index contributed by atoms with van der Waals surface area (Å²) in [7, 11) is 0. The van der Waals surface area contributed by atoms with Crippen molar-refractivity contribution >= 4 is 23.1 Å². The van der Waals surface area contributed by atoms with Crippen LogP contribution in [0.5, 0.6) is 0 Å². The molecule has 0 spiro atoms. The molecule has 112 valence electrons. The Morgan fingerprint density at radius 1 is 1.10 bits per heavy atom. The Labute approximate surface area is 125 Å². The minimum absolute atomic E-state index is 0.0327. The fourth-order valence-corrected chi connectivity index (χ4v) is 1.83. The van der Waals surface area contributed by atoms with Crippen molar-refractivity contribution < 1.29 is 13.2 Å². The molecule has 3 nitrogen and oxygen atoms in total. The molecule has 0 fully saturated rings. The van der Waals surface area contributed by atoms with E-state index in [-0.39, 0.29) is 16.8 Å². The lowest BCUT2D eigenvalue weighted by Gasteiger charge is -2.13. The molecule has 0 bridgehead atoms. The van der Waals surface area contributed by atoms with E-state index in [1.807, 2.05) is 13.8 Å². The second-order valence-corrected chi connectivity index (χ2v) is 5.24. The summed E-state index contributed by atoms with van der Waals surface area (Å²) < 4.78 is 39.4. The van der Waals surface area contributed by atoms with Crippen LogP contribution in [-0.2, 0) is 0 Å². The summed E-state index contributed by atoms with van der Waals surface area (Å²) in [6, 6.07) is 1.70. The van der Waals surface area contributed by atoms with Gasteiger partial charge < -0.3 is 5.32 Å². The zero-order valence-corrected chi connectivity index (χ0v) is 12.4. The second kappa shape index (κ2) is 5.89. The predicted octanol–water partition coefficient (Wildman–Crippen LogP) is 4.72. The lowest BCUT2D eigenvalue weighted by Crippen LogP contribution is -2.06. The maximum Gasteiger partial charge on any atom is 0.194 e. The van der Waals surface area contributed by atoms with E-state index in [4.69, 9.17) is 11.6 Å². The maximum atomic E-state index is 13.2. The third-order valence-corrected chi connectivity index (χ3v) is 3.23. The van der Waals surface area contributed by atoms with Crippen molar-refractivity contribution in [3.8, 4) is 0 Å². The highest BCUT2D eigenvalue weighted by Gasteiger charge is 2.15. The molecule has 1 N–H and O–H groups in total. The highest BCUT2D eigenvalue weighted by molar-refractivity contribution is 6.30. The molecule has 1 aromatic heterocycles. The molecule has 0 aliphatic heterocycles. The van der Waals surface area contributed by atoms with Gasteiger partial charge in [-0.05, 0) is 6.92 Å². The summed E-state index contributed by atoms with van der Waals surface area (Å²) >= 11 is 6.02. The molecule has 0 saturated carbocycles. The standard InChI is InChI=1S/C14H13ClF3N3/c1-6(2)13-20-12(15)7(3)14(21-13)19-8-4-9(16)11(18)10(17)5-8/h4-6H,1-3H3,(H,19,20,21). The number of benzene rings is 1. The molecule has 0 atom stereocenters. The zero-order chi connectivity index (χ0) is 15.7. The molecule has 0 aliphatic rings. The van der Waals surface area contributed by atoms with Crippen molar-refractivity contribution in [2.24, 2.45) is 0 Å². The average Bonchev–Trinajstić information content (AvgIpc) is 2.40. The van der Waals surface area contributed by atoms with E-state index in [2.05, 4.69) is 15.3 Å². The Bertz CT molecular complexity index is 666. The van der Waals surface area contributed by atoms with Gasteiger partial charge in [0.25, 0.3) is 0 Å². The molecule has 2 aromatic rings. The maximum absolute atomic E-state index is 13.2. The molecule has 0 aliphatic carbocycles. The van der Waals surface area contributed by atoms with Gasteiger partial charge in [0.1, 0.15) is 16.8 Å². The normalized spacial score (nSPS) is 11.0. The Hall–Kier alpha value is -1.82. The number of nitrogens with one attached hydrogen (secondary N) is 1. The summed E-state index contributed by atoms with van der Waals surface area (Å²) in [6.45, 7) is 5.45. The average molecular weight is 316 g/mol. The number of halogens is 4. The Balaban J connectivity index is 2.44. The van der Waals surface area contributed by atoms with Crippen LogP contribution in [0.1, 0.15) is 31.2 Å². The molecule has 1 heterocycles. The number of aromatic nitrogens is 2. The van der Waals surface area contributed by atoms with Gasteiger partial charge in [-0.1, -0.05) is 25.4 Å². The highest BCUT2D eigenvalue weighted by Crippen LogP contribution is 2.27. The molecule has 2 rings (SSSR count). The first-order valence-corrected chi connectivity index (χ1v) is 6.63. The van der Waals surface area contributed by atoms with Crippen LogP contribution >= 0.6 is 11.6 Å². The fraction of sp³-hybridized carbons (Fsp3) is 0.286. The van der Waals surface area contributed by atoms with Crippen molar-refractivity contribution in [2.45, 2.75) is 26.7 Å². The first kappa shape index (κ1) is 15.6. The molecule has 0 unspecified atom stereocenters. The minimum Gasteiger partial charge on any atom is -0.340 e. The Morgan fingerprint density at radius 3 is 2.19 bits per heavy atom. The summed E-state index contributed by atoms with van der Waals surface area (Å²) in [5.74, 6) is -3.22. The number of nitrogens with zero attached hydrogens (tertiary/aromatic N) is 2. The van der Waals surface area contributed by atoms with Crippen molar-refractivity contribution in [2.75, 3.05) is 5.32 Å². The number of hydrogen-bond acceptors (Lipinski definition) is 3. The van der Waals surface area contributed by atoms with E-state index < -0.39 is 17.5 Å². The number of anilines is 2. The van der Waals surface area contributed by atoms with Crippen LogP contribution in [0.25, 0.3) is 0 Å². The summed E-state index contributed by atoms with van der Waals surface area (Å²) in [4.78, 5) is 8.39. The van der Waals surface area contributed by atoms with Crippen LogP contribution in [-0.4, -0.2) is 9.97 Å². The monoisotopic (exact) mass is 315 g/mol. The van der Waals surface area contributed by atoms with Gasteiger partial charge in [-0.2, -0.15) is 0 Å². The topological polar surface area (TPSA) is 37.8 Å². The fourth-order valence-electron chi connectivity index (χ4n) is 1.65. The summed E-state index contributed by atoms with van der Waals surface area (Å²) in [5.41, 5.74) is 0.574. The third-order valence-electron chi connectivity index (χ3n) is 2.87. The van der Waals surface area contributed by atoms with Crippen LogP contribution in [0, 0.1) is 24.4 Å². The highest BCUT2D eigenvalue weighted by atomic mass is 35.5. The van der Waals surface area contributed by atoms with Crippen LogP contribution in [0.15, 0.2) is 12.1 Å². The van der Waals surface area contributed by atoms with E-state index in [1.165, 1.54) is 0 Å². The first-order chi connectivity index (χ1) is 9.79.